The van der Waals surface area contributed by atoms with E-state index >= 15 is 0 Å². The average Bonchev–Trinajstić information content (AvgIpc) is 2.88. The molecule has 0 amide bonds. The third-order valence-electron chi connectivity index (χ3n) is 3.73. The number of esters is 1. The first-order valence-electron chi connectivity index (χ1n) is 7.51. The van der Waals surface area contributed by atoms with Crippen LogP contribution in [0.5, 0.6) is 0 Å². The van der Waals surface area contributed by atoms with Crippen molar-refractivity contribution in [1.29, 1.82) is 0 Å². The van der Waals surface area contributed by atoms with E-state index in [2.05, 4.69) is 5.10 Å². The lowest BCUT2D eigenvalue weighted by atomic mass is 10.1. The van der Waals surface area contributed by atoms with Crippen LogP contribution in [0.3, 0.4) is 0 Å². The summed E-state index contributed by atoms with van der Waals surface area (Å²) in [6.07, 6.45) is -0.384. The van der Waals surface area contributed by atoms with Gasteiger partial charge in [-0.15, -0.1) is 0 Å². The van der Waals surface area contributed by atoms with Gasteiger partial charge < -0.3 is 10.5 Å². The predicted octanol–water partition coefficient (Wildman–Crippen LogP) is 3.29. The van der Waals surface area contributed by atoms with Gasteiger partial charge in [-0.1, -0.05) is 30.3 Å². The molecule has 5 nitrogen and oxygen atoms in total. The lowest BCUT2D eigenvalue weighted by Gasteiger charge is -2.09. The van der Waals surface area contributed by atoms with Crippen LogP contribution in [-0.2, 0) is 16.1 Å². The van der Waals surface area contributed by atoms with Gasteiger partial charge in [0.1, 0.15) is 11.8 Å². The molecular weight excluding hydrogens is 290 g/mol. The first-order valence-corrected chi connectivity index (χ1v) is 7.51. The van der Waals surface area contributed by atoms with Crippen molar-refractivity contribution in [2.24, 2.45) is 0 Å². The van der Waals surface area contributed by atoms with E-state index < -0.39 is 0 Å². The Hall–Kier alpha value is -2.82. The van der Waals surface area contributed by atoms with E-state index in [1.54, 1.807) is 0 Å². The van der Waals surface area contributed by atoms with Crippen molar-refractivity contribution >= 4 is 22.6 Å². The van der Waals surface area contributed by atoms with Crippen LogP contribution in [0.4, 0.5) is 5.69 Å². The monoisotopic (exact) mass is 309 g/mol. The smallest absolute Gasteiger partial charge is 0.303 e. The summed E-state index contributed by atoms with van der Waals surface area (Å²) in [6.45, 7) is 3.88. The number of fused-ring (bicyclic) bond motifs is 1. The first kappa shape index (κ1) is 15.1. The Morgan fingerprint density at radius 1 is 1.22 bits per heavy atom. The minimum absolute atomic E-state index is 0.310. The summed E-state index contributed by atoms with van der Waals surface area (Å²) < 4.78 is 7.22. The lowest BCUT2D eigenvalue weighted by Crippen LogP contribution is -2.07. The molecule has 3 rings (SSSR count). The normalized spacial score (nSPS) is 12.3. The van der Waals surface area contributed by atoms with E-state index in [-0.39, 0.29) is 12.1 Å². The van der Waals surface area contributed by atoms with Crippen LogP contribution in [0.15, 0.2) is 48.5 Å². The van der Waals surface area contributed by atoms with E-state index in [9.17, 15) is 4.79 Å². The molecule has 0 radical (unpaired) electrons. The highest BCUT2D eigenvalue weighted by atomic mass is 16.5. The molecule has 1 atom stereocenters. The van der Waals surface area contributed by atoms with Crippen molar-refractivity contribution < 1.29 is 9.53 Å². The van der Waals surface area contributed by atoms with Gasteiger partial charge in [0, 0.05) is 18.0 Å². The predicted molar refractivity (Wildman–Crippen MR) is 89.9 cm³/mol. The highest BCUT2D eigenvalue weighted by Gasteiger charge is 2.18. The summed E-state index contributed by atoms with van der Waals surface area (Å²) in [5.74, 6) is -0.310. The number of ether oxygens (including phenoxy) is 1. The molecule has 0 fully saturated rings. The highest BCUT2D eigenvalue weighted by Crippen LogP contribution is 2.26. The summed E-state index contributed by atoms with van der Waals surface area (Å²) in [7, 11) is 0. The number of aromatic nitrogens is 2. The van der Waals surface area contributed by atoms with Gasteiger partial charge in [0.2, 0.25) is 0 Å². The van der Waals surface area contributed by atoms with E-state index in [0.29, 0.717) is 6.54 Å². The third-order valence-corrected chi connectivity index (χ3v) is 3.73. The molecule has 2 aromatic carbocycles. The molecule has 0 spiro atoms. The Morgan fingerprint density at radius 2 is 1.91 bits per heavy atom. The van der Waals surface area contributed by atoms with E-state index in [1.807, 2.05) is 60.1 Å². The molecule has 23 heavy (non-hydrogen) atoms. The molecule has 2 N–H and O–H groups in total. The SMILES string of the molecule is CC(=O)OC(C)c1nn(Cc2ccc(N)cc2)c2ccccc12. The van der Waals surface area contributed by atoms with E-state index in [4.69, 9.17) is 10.5 Å². The summed E-state index contributed by atoms with van der Waals surface area (Å²) in [4.78, 5) is 11.2. The average molecular weight is 309 g/mol. The number of anilines is 1. The number of carbonyl (C=O) groups excluding carboxylic acids is 1. The maximum absolute atomic E-state index is 11.2. The van der Waals surface area contributed by atoms with Crippen molar-refractivity contribution in [3.8, 4) is 0 Å². The third kappa shape index (κ3) is 3.18. The summed E-state index contributed by atoms with van der Waals surface area (Å²) in [5.41, 5.74) is 9.36. The quantitative estimate of drug-likeness (QED) is 0.593. The van der Waals surface area contributed by atoms with Gasteiger partial charge in [0.15, 0.2) is 0 Å². The lowest BCUT2D eigenvalue weighted by molar-refractivity contribution is -0.145. The highest BCUT2D eigenvalue weighted by molar-refractivity contribution is 5.82. The van der Waals surface area contributed by atoms with Crippen molar-refractivity contribution in [2.45, 2.75) is 26.5 Å². The minimum Gasteiger partial charge on any atom is -0.456 e. The van der Waals surface area contributed by atoms with Crippen LogP contribution in [-0.4, -0.2) is 15.7 Å². The topological polar surface area (TPSA) is 70.1 Å². The Kier molecular flexibility index (Phi) is 4.02. The molecule has 0 aliphatic carbocycles. The summed E-state index contributed by atoms with van der Waals surface area (Å²) in [5, 5.41) is 5.67. The number of benzene rings is 2. The number of hydrogen-bond acceptors (Lipinski definition) is 4. The Bertz CT molecular complexity index is 837. The molecular formula is C18H19N3O2. The number of hydrogen-bond donors (Lipinski definition) is 1. The van der Waals surface area contributed by atoms with Crippen LogP contribution in [0, 0.1) is 0 Å². The molecule has 1 unspecified atom stereocenters. The summed E-state index contributed by atoms with van der Waals surface area (Å²) in [6, 6.07) is 15.7. The van der Waals surface area contributed by atoms with Crippen molar-refractivity contribution in [3.63, 3.8) is 0 Å². The standard InChI is InChI=1S/C18H19N3O2/c1-12(23-13(2)22)18-16-5-3-4-6-17(16)21(20-18)11-14-7-9-15(19)10-8-14/h3-10,12H,11,19H2,1-2H3. The second kappa shape index (κ2) is 6.12. The van der Waals surface area contributed by atoms with Crippen LogP contribution >= 0.6 is 0 Å². The zero-order valence-electron chi connectivity index (χ0n) is 13.2. The molecule has 0 saturated carbocycles. The Labute approximate surface area is 134 Å². The number of rotatable bonds is 4. The van der Waals surface area contributed by atoms with Gasteiger partial charge in [-0.05, 0) is 30.7 Å². The molecule has 3 aromatic rings. The van der Waals surface area contributed by atoms with Gasteiger partial charge in [0.25, 0.3) is 0 Å². The molecule has 1 aromatic heterocycles. The van der Waals surface area contributed by atoms with Crippen LogP contribution in [0.1, 0.15) is 31.2 Å². The number of nitrogen functional groups attached to an aromatic ring is 1. The number of para-hydroxylation sites is 1. The van der Waals surface area contributed by atoms with Gasteiger partial charge in [-0.3, -0.25) is 9.48 Å². The number of nitrogens with two attached hydrogens (primary N) is 1. The fourth-order valence-corrected chi connectivity index (χ4v) is 2.67. The molecule has 0 bridgehead atoms. The molecule has 1 heterocycles. The number of nitrogens with zero attached hydrogens (tertiary/aromatic N) is 2. The molecule has 0 aliphatic heterocycles. The van der Waals surface area contributed by atoms with Crippen molar-refractivity contribution in [2.75, 3.05) is 5.73 Å². The maximum Gasteiger partial charge on any atom is 0.303 e. The van der Waals surface area contributed by atoms with Crippen LogP contribution in [0.25, 0.3) is 10.9 Å². The van der Waals surface area contributed by atoms with Crippen molar-refractivity contribution in [1.82, 2.24) is 9.78 Å². The van der Waals surface area contributed by atoms with Crippen LogP contribution < -0.4 is 5.73 Å². The fraction of sp³-hybridized carbons (Fsp3) is 0.222. The van der Waals surface area contributed by atoms with Crippen LogP contribution in [0.2, 0.25) is 0 Å². The molecule has 0 saturated heterocycles. The number of carbonyl (C=O) groups is 1. The first-order chi connectivity index (χ1) is 11.0. The van der Waals surface area contributed by atoms with Gasteiger partial charge >= 0.3 is 5.97 Å². The van der Waals surface area contributed by atoms with Gasteiger partial charge in [-0.25, -0.2) is 0 Å². The zero-order chi connectivity index (χ0) is 16.4. The molecule has 5 heteroatoms. The minimum atomic E-state index is -0.384. The summed E-state index contributed by atoms with van der Waals surface area (Å²) >= 11 is 0. The second-order valence-electron chi connectivity index (χ2n) is 5.55. The van der Waals surface area contributed by atoms with E-state index in [1.165, 1.54) is 6.92 Å². The zero-order valence-corrected chi connectivity index (χ0v) is 13.2. The second-order valence-corrected chi connectivity index (χ2v) is 5.55. The Balaban J connectivity index is 2.00. The van der Waals surface area contributed by atoms with E-state index in [0.717, 1.165) is 27.8 Å². The fourth-order valence-electron chi connectivity index (χ4n) is 2.67. The molecule has 0 aliphatic rings. The maximum atomic E-state index is 11.2. The van der Waals surface area contributed by atoms with Gasteiger partial charge in [-0.2, -0.15) is 5.10 Å². The molecule has 118 valence electrons. The largest absolute Gasteiger partial charge is 0.456 e. The van der Waals surface area contributed by atoms with Gasteiger partial charge in [0.05, 0.1) is 12.1 Å². The van der Waals surface area contributed by atoms with Crippen molar-refractivity contribution in [3.05, 3.63) is 59.8 Å². The Morgan fingerprint density at radius 3 is 2.61 bits per heavy atom.